The highest BCUT2D eigenvalue weighted by molar-refractivity contribution is 6.06. The Kier molecular flexibility index (Phi) is 5.36. The van der Waals surface area contributed by atoms with E-state index in [4.69, 9.17) is 9.57 Å². The number of hydrogen-bond acceptors (Lipinski definition) is 6. The van der Waals surface area contributed by atoms with Crippen LogP contribution in [0, 0.1) is 5.92 Å². The predicted octanol–water partition coefficient (Wildman–Crippen LogP) is 1.69. The number of hydrogen-bond donors (Lipinski definition) is 0. The number of piperidine rings is 1. The Bertz CT molecular complexity index is 889. The Balaban J connectivity index is 1.53. The van der Waals surface area contributed by atoms with Crippen molar-refractivity contribution >= 4 is 23.6 Å². The smallest absolute Gasteiger partial charge is 0.311 e. The first kappa shape index (κ1) is 20.5. The molecule has 8 heteroatoms. The van der Waals surface area contributed by atoms with E-state index in [-0.39, 0.29) is 30.4 Å². The molecule has 2 saturated heterocycles. The number of rotatable bonds is 4. The molecule has 0 radical (unpaired) electrons. The van der Waals surface area contributed by atoms with E-state index in [9.17, 15) is 19.2 Å². The molecule has 0 bridgehead atoms. The number of fused-ring (bicyclic) bond motifs is 1. The molecule has 2 fully saturated rings. The zero-order chi connectivity index (χ0) is 21.5. The van der Waals surface area contributed by atoms with Gasteiger partial charge in [-0.05, 0) is 25.3 Å². The van der Waals surface area contributed by atoms with Gasteiger partial charge in [-0.2, -0.15) is 0 Å². The standard InChI is InChI=1S/C22H26N2O6/c1-3-30-24-19(26)13-17(21(28)29-2)22(24)8-10-23(11-9-22)20(27)16-12-18(25)15-7-5-4-6-14(15)16/h4-7,16-17H,3,8-13H2,1-2H3. The summed E-state index contributed by atoms with van der Waals surface area (Å²) in [6, 6.07) is 7.25. The number of amides is 2. The minimum absolute atomic E-state index is 0.00732. The third kappa shape index (κ3) is 3.10. The highest BCUT2D eigenvalue weighted by Gasteiger charge is 2.58. The minimum Gasteiger partial charge on any atom is -0.469 e. The van der Waals surface area contributed by atoms with Crippen LogP contribution in [0.25, 0.3) is 0 Å². The van der Waals surface area contributed by atoms with E-state index in [0.717, 1.165) is 5.56 Å². The lowest BCUT2D eigenvalue weighted by molar-refractivity contribution is -0.221. The Morgan fingerprint density at radius 3 is 2.50 bits per heavy atom. The molecule has 0 N–H and O–H groups in total. The second kappa shape index (κ2) is 7.83. The van der Waals surface area contributed by atoms with Crippen LogP contribution < -0.4 is 0 Å². The molecule has 2 amide bonds. The topological polar surface area (TPSA) is 93.2 Å². The van der Waals surface area contributed by atoms with Gasteiger partial charge in [-0.15, -0.1) is 0 Å². The maximum absolute atomic E-state index is 13.2. The molecule has 0 saturated carbocycles. The lowest BCUT2D eigenvalue weighted by Crippen LogP contribution is -2.58. The highest BCUT2D eigenvalue weighted by Crippen LogP contribution is 2.45. The second-order valence-corrected chi connectivity index (χ2v) is 8.08. The van der Waals surface area contributed by atoms with E-state index in [1.165, 1.54) is 12.2 Å². The molecule has 8 nitrogen and oxygen atoms in total. The first-order valence-corrected chi connectivity index (χ1v) is 10.4. The summed E-state index contributed by atoms with van der Waals surface area (Å²) in [6.45, 7) is 2.87. The van der Waals surface area contributed by atoms with E-state index in [1.54, 1.807) is 24.0 Å². The third-order valence-corrected chi connectivity index (χ3v) is 6.67. The number of nitrogens with zero attached hydrogens (tertiary/aromatic N) is 2. The van der Waals surface area contributed by atoms with Crippen molar-refractivity contribution in [2.24, 2.45) is 5.92 Å². The van der Waals surface area contributed by atoms with Crippen LogP contribution in [0.5, 0.6) is 0 Å². The van der Waals surface area contributed by atoms with Gasteiger partial charge >= 0.3 is 5.97 Å². The predicted molar refractivity (Wildman–Crippen MR) is 105 cm³/mol. The first-order chi connectivity index (χ1) is 14.4. The minimum atomic E-state index is -0.805. The van der Waals surface area contributed by atoms with Crippen molar-refractivity contribution in [2.75, 3.05) is 26.8 Å². The van der Waals surface area contributed by atoms with E-state index >= 15 is 0 Å². The monoisotopic (exact) mass is 414 g/mol. The second-order valence-electron chi connectivity index (χ2n) is 8.08. The fraction of sp³-hybridized carbons (Fsp3) is 0.545. The van der Waals surface area contributed by atoms with Crippen LogP contribution >= 0.6 is 0 Å². The highest BCUT2D eigenvalue weighted by atomic mass is 16.7. The van der Waals surface area contributed by atoms with Crippen molar-refractivity contribution in [2.45, 2.75) is 44.1 Å². The van der Waals surface area contributed by atoms with Gasteiger partial charge in [-0.25, -0.2) is 5.06 Å². The fourth-order valence-corrected chi connectivity index (χ4v) is 5.18. The molecule has 2 aliphatic heterocycles. The largest absolute Gasteiger partial charge is 0.469 e. The molecule has 1 aromatic rings. The number of likely N-dealkylation sites (tertiary alicyclic amines) is 1. The summed E-state index contributed by atoms with van der Waals surface area (Å²) in [6.07, 6.45) is 1.08. The molecule has 2 heterocycles. The molecule has 2 atom stereocenters. The number of esters is 1. The normalized spacial score (nSPS) is 25.0. The van der Waals surface area contributed by atoms with E-state index < -0.39 is 23.3 Å². The Morgan fingerprint density at radius 2 is 1.83 bits per heavy atom. The Labute approximate surface area is 175 Å². The van der Waals surface area contributed by atoms with E-state index in [1.807, 2.05) is 12.1 Å². The van der Waals surface area contributed by atoms with Crippen LogP contribution in [0.4, 0.5) is 0 Å². The summed E-state index contributed by atoms with van der Waals surface area (Å²) in [5.74, 6) is -1.83. The van der Waals surface area contributed by atoms with Crippen molar-refractivity contribution in [3.8, 4) is 0 Å². The number of hydroxylamine groups is 2. The third-order valence-electron chi connectivity index (χ3n) is 6.67. The molecular formula is C22H26N2O6. The van der Waals surface area contributed by atoms with Gasteiger partial charge in [0.15, 0.2) is 5.78 Å². The van der Waals surface area contributed by atoms with Gasteiger partial charge in [0.1, 0.15) is 0 Å². The summed E-state index contributed by atoms with van der Waals surface area (Å²) in [4.78, 5) is 57.8. The summed E-state index contributed by atoms with van der Waals surface area (Å²) >= 11 is 0. The molecule has 1 aromatic carbocycles. The zero-order valence-electron chi connectivity index (χ0n) is 17.3. The van der Waals surface area contributed by atoms with Gasteiger partial charge in [0, 0.05) is 31.5 Å². The first-order valence-electron chi connectivity index (χ1n) is 10.4. The lowest BCUT2D eigenvalue weighted by atomic mass is 9.77. The Hall–Kier alpha value is -2.74. The van der Waals surface area contributed by atoms with Gasteiger partial charge in [0.25, 0.3) is 0 Å². The number of ether oxygens (including phenoxy) is 1. The summed E-state index contributed by atoms with van der Waals surface area (Å²) in [5.41, 5.74) is 0.603. The number of carbonyl (C=O) groups is 4. The molecule has 4 rings (SSSR count). The molecular weight excluding hydrogens is 388 g/mol. The van der Waals surface area contributed by atoms with Gasteiger partial charge in [-0.3, -0.25) is 24.0 Å². The van der Waals surface area contributed by atoms with Crippen LogP contribution in [0.2, 0.25) is 0 Å². The van der Waals surface area contributed by atoms with Crippen molar-refractivity contribution in [3.05, 3.63) is 35.4 Å². The summed E-state index contributed by atoms with van der Waals surface area (Å²) < 4.78 is 4.95. The number of benzene rings is 1. The SMILES string of the molecule is CCON1C(=O)CC(C(=O)OC)C12CCN(C(=O)C1CC(=O)c3ccccc31)CC2. The average Bonchev–Trinajstić information content (AvgIpc) is 3.24. The summed E-state index contributed by atoms with van der Waals surface area (Å²) in [7, 11) is 1.32. The molecule has 3 aliphatic rings. The van der Waals surface area contributed by atoms with Crippen LogP contribution in [0.15, 0.2) is 24.3 Å². The maximum Gasteiger partial charge on any atom is 0.311 e. The van der Waals surface area contributed by atoms with Crippen molar-refractivity contribution < 1.29 is 28.8 Å². The quantitative estimate of drug-likeness (QED) is 0.696. The molecule has 30 heavy (non-hydrogen) atoms. The van der Waals surface area contributed by atoms with Gasteiger partial charge in [0.05, 0.1) is 31.1 Å². The van der Waals surface area contributed by atoms with Crippen molar-refractivity contribution in [3.63, 3.8) is 0 Å². The fourth-order valence-electron chi connectivity index (χ4n) is 5.18. The zero-order valence-corrected chi connectivity index (χ0v) is 17.3. The number of methoxy groups -OCH3 is 1. The summed E-state index contributed by atoms with van der Waals surface area (Å²) in [5, 5.41) is 1.35. The van der Waals surface area contributed by atoms with Crippen LogP contribution in [0.1, 0.15) is 54.4 Å². The number of ketones is 1. The average molecular weight is 414 g/mol. The van der Waals surface area contributed by atoms with Gasteiger partial charge in [0.2, 0.25) is 11.8 Å². The number of carbonyl (C=O) groups excluding carboxylic acids is 4. The van der Waals surface area contributed by atoms with E-state index in [2.05, 4.69) is 0 Å². The van der Waals surface area contributed by atoms with Gasteiger partial charge < -0.3 is 9.64 Å². The maximum atomic E-state index is 13.2. The van der Waals surface area contributed by atoms with Crippen LogP contribution in [-0.2, 0) is 24.0 Å². The van der Waals surface area contributed by atoms with Crippen LogP contribution in [-0.4, -0.2) is 65.9 Å². The van der Waals surface area contributed by atoms with Crippen molar-refractivity contribution in [1.82, 2.24) is 9.96 Å². The lowest BCUT2D eigenvalue weighted by Gasteiger charge is -2.46. The molecule has 2 unspecified atom stereocenters. The van der Waals surface area contributed by atoms with E-state index in [0.29, 0.717) is 38.1 Å². The molecule has 160 valence electrons. The Morgan fingerprint density at radius 1 is 1.13 bits per heavy atom. The number of Topliss-reactive ketones (excluding diaryl/α,β-unsaturated/α-hetero) is 1. The molecule has 1 spiro atoms. The van der Waals surface area contributed by atoms with Crippen molar-refractivity contribution in [1.29, 1.82) is 0 Å². The molecule has 1 aliphatic carbocycles. The van der Waals surface area contributed by atoms with Gasteiger partial charge in [-0.1, -0.05) is 24.3 Å². The molecule has 0 aromatic heterocycles. The van der Waals surface area contributed by atoms with Crippen LogP contribution in [0.3, 0.4) is 0 Å².